The number of nitrogens with zero attached hydrogens (tertiary/aromatic N) is 1. The van der Waals surface area contributed by atoms with Gasteiger partial charge in [-0.1, -0.05) is 157 Å². The quantitative estimate of drug-likeness (QED) is 0.159. The maximum Gasteiger partial charge on any atom is 0.0541 e. The summed E-state index contributed by atoms with van der Waals surface area (Å²) in [5, 5.41) is 7.65. The zero-order valence-corrected chi connectivity index (χ0v) is 30.8. The zero-order valence-electron chi connectivity index (χ0n) is 30.8. The van der Waals surface area contributed by atoms with Crippen LogP contribution in [-0.2, 0) is 0 Å². The fraction of sp³-hybridized carbons (Fsp3) is 0.0566. The molecule has 1 heteroatoms. The molecule has 1 heterocycles. The van der Waals surface area contributed by atoms with Gasteiger partial charge in [0.05, 0.1) is 11.0 Å². The van der Waals surface area contributed by atoms with Crippen molar-refractivity contribution in [2.45, 2.75) is 20.8 Å². The molecule has 0 N–H and O–H groups in total. The van der Waals surface area contributed by atoms with Crippen LogP contribution in [0, 0.1) is 20.8 Å². The van der Waals surface area contributed by atoms with Crippen LogP contribution in [0.1, 0.15) is 16.7 Å². The summed E-state index contributed by atoms with van der Waals surface area (Å²) in [5.41, 5.74) is 17.6. The van der Waals surface area contributed by atoms with Gasteiger partial charge in [0.15, 0.2) is 0 Å². The van der Waals surface area contributed by atoms with Crippen LogP contribution in [0.3, 0.4) is 0 Å². The van der Waals surface area contributed by atoms with Gasteiger partial charge in [-0.15, -0.1) is 0 Å². The zero-order chi connectivity index (χ0) is 36.3. The van der Waals surface area contributed by atoms with E-state index >= 15 is 0 Å². The van der Waals surface area contributed by atoms with Crippen molar-refractivity contribution in [2.24, 2.45) is 0 Å². The molecule has 0 atom stereocenters. The molecule has 0 unspecified atom stereocenters. The van der Waals surface area contributed by atoms with E-state index in [0.717, 1.165) is 5.69 Å². The summed E-state index contributed by atoms with van der Waals surface area (Å²) in [4.78, 5) is 0. The van der Waals surface area contributed by atoms with Crippen molar-refractivity contribution >= 4 is 43.4 Å². The molecular formula is C53H39N. The van der Waals surface area contributed by atoms with Gasteiger partial charge in [0.25, 0.3) is 0 Å². The molecule has 0 aliphatic heterocycles. The lowest BCUT2D eigenvalue weighted by Gasteiger charge is -2.20. The molecule has 10 aromatic rings. The Labute approximate surface area is 316 Å². The number of aromatic nitrogens is 1. The first-order valence-electron chi connectivity index (χ1n) is 18.8. The molecule has 54 heavy (non-hydrogen) atoms. The molecule has 0 saturated carbocycles. The van der Waals surface area contributed by atoms with Crippen molar-refractivity contribution in [1.82, 2.24) is 4.57 Å². The largest absolute Gasteiger partial charge is 0.309 e. The van der Waals surface area contributed by atoms with Crippen molar-refractivity contribution in [2.75, 3.05) is 0 Å². The Hall–Kier alpha value is -6.70. The fourth-order valence-corrected chi connectivity index (χ4v) is 8.98. The Kier molecular flexibility index (Phi) is 7.56. The summed E-state index contributed by atoms with van der Waals surface area (Å²) in [6, 6.07) is 67.0. The molecule has 256 valence electrons. The molecule has 0 aliphatic rings. The highest BCUT2D eigenvalue weighted by molar-refractivity contribution is 6.22. The first kappa shape index (κ1) is 32.0. The lowest BCUT2D eigenvalue weighted by atomic mass is 9.83. The second-order valence-electron chi connectivity index (χ2n) is 14.7. The van der Waals surface area contributed by atoms with E-state index in [4.69, 9.17) is 0 Å². The van der Waals surface area contributed by atoms with Gasteiger partial charge >= 0.3 is 0 Å². The van der Waals surface area contributed by atoms with Gasteiger partial charge in [0.2, 0.25) is 0 Å². The number of rotatable bonds is 5. The fourth-order valence-electron chi connectivity index (χ4n) is 8.98. The van der Waals surface area contributed by atoms with Crippen molar-refractivity contribution < 1.29 is 0 Å². The van der Waals surface area contributed by atoms with E-state index in [2.05, 4.69) is 207 Å². The first-order chi connectivity index (χ1) is 26.5. The highest BCUT2D eigenvalue weighted by atomic mass is 15.0. The van der Waals surface area contributed by atoms with Gasteiger partial charge in [-0.3, -0.25) is 0 Å². The Bertz CT molecular complexity index is 2960. The SMILES string of the molecule is Cc1cc(C)c(-c2c3ccccc3c(-c3ccc(-n4c5ccccc5c5cc(-c6ccc(-c7ccccc7)cc6)ccc54)cc3)c3ccccc23)c(C)c1. The molecular weight excluding hydrogens is 651 g/mol. The van der Waals surface area contributed by atoms with Crippen molar-refractivity contribution in [1.29, 1.82) is 0 Å². The molecule has 9 aromatic carbocycles. The Morgan fingerprint density at radius 1 is 0.296 bits per heavy atom. The minimum absolute atomic E-state index is 1.15. The van der Waals surface area contributed by atoms with Crippen molar-refractivity contribution in [3.8, 4) is 50.2 Å². The average Bonchev–Trinajstić information content (AvgIpc) is 3.54. The summed E-state index contributed by atoms with van der Waals surface area (Å²) in [7, 11) is 0. The number of para-hydroxylation sites is 1. The minimum atomic E-state index is 1.15. The van der Waals surface area contributed by atoms with Gasteiger partial charge in [-0.05, 0) is 128 Å². The van der Waals surface area contributed by atoms with Crippen LogP contribution in [0.15, 0.2) is 182 Å². The summed E-state index contributed by atoms with van der Waals surface area (Å²) < 4.78 is 2.42. The Balaban J connectivity index is 1.10. The van der Waals surface area contributed by atoms with Crippen LogP contribution in [0.5, 0.6) is 0 Å². The smallest absolute Gasteiger partial charge is 0.0541 e. The van der Waals surface area contributed by atoms with Gasteiger partial charge in [0.1, 0.15) is 0 Å². The van der Waals surface area contributed by atoms with E-state index in [9.17, 15) is 0 Å². The van der Waals surface area contributed by atoms with Crippen LogP contribution >= 0.6 is 0 Å². The number of aryl methyl sites for hydroxylation is 3. The summed E-state index contributed by atoms with van der Waals surface area (Å²) >= 11 is 0. The Morgan fingerprint density at radius 3 is 1.35 bits per heavy atom. The standard InChI is InChI=1S/C53H39N/c1-34-31-35(2)51(36(3)32-34)53-46-18-9-7-16-44(46)52(45-17-8-10-19-47(45)53)40-25-28-42(29-26-40)54-49-20-12-11-15-43(49)48-33-41(27-30-50(48)54)39-23-21-38(22-24-39)37-13-5-4-6-14-37/h4-33H,1-3H3. The molecule has 0 saturated heterocycles. The molecule has 10 rings (SSSR count). The lowest BCUT2D eigenvalue weighted by Crippen LogP contribution is -1.96. The Morgan fingerprint density at radius 2 is 0.741 bits per heavy atom. The normalized spacial score (nSPS) is 11.6. The van der Waals surface area contributed by atoms with Crippen LogP contribution in [0.4, 0.5) is 0 Å². The van der Waals surface area contributed by atoms with E-state index in [-0.39, 0.29) is 0 Å². The van der Waals surface area contributed by atoms with E-state index < -0.39 is 0 Å². The molecule has 1 nitrogen and oxygen atoms in total. The minimum Gasteiger partial charge on any atom is -0.309 e. The maximum atomic E-state index is 2.42. The molecule has 0 fully saturated rings. The monoisotopic (exact) mass is 689 g/mol. The second-order valence-corrected chi connectivity index (χ2v) is 14.7. The van der Waals surface area contributed by atoms with Crippen LogP contribution < -0.4 is 0 Å². The van der Waals surface area contributed by atoms with Gasteiger partial charge < -0.3 is 4.57 Å². The van der Waals surface area contributed by atoms with E-state index in [1.54, 1.807) is 0 Å². The number of fused-ring (bicyclic) bond motifs is 5. The van der Waals surface area contributed by atoms with E-state index in [1.165, 1.54) is 105 Å². The first-order valence-corrected chi connectivity index (χ1v) is 18.8. The molecule has 0 aliphatic carbocycles. The molecule has 0 spiro atoms. The average molecular weight is 690 g/mol. The third-order valence-corrected chi connectivity index (χ3v) is 11.3. The molecule has 0 radical (unpaired) electrons. The van der Waals surface area contributed by atoms with Gasteiger partial charge in [0, 0.05) is 16.5 Å². The number of benzene rings is 9. The van der Waals surface area contributed by atoms with Gasteiger partial charge in [-0.2, -0.15) is 0 Å². The highest BCUT2D eigenvalue weighted by Crippen LogP contribution is 2.46. The topological polar surface area (TPSA) is 4.93 Å². The highest BCUT2D eigenvalue weighted by Gasteiger charge is 2.20. The lowest BCUT2D eigenvalue weighted by molar-refractivity contribution is 1.18. The summed E-state index contributed by atoms with van der Waals surface area (Å²) in [6.45, 7) is 6.70. The number of hydrogen-bond donors (Lipinski definition) is 0. The second kappa shape index (κ2) is 12.8. The number of hydrogen-bond acceptors (Lipinski definition) is 0. The predicted molar refractivity (Wildman–Crippen MR) is 232 cm³/mol. The van der Waals surface area contributed by atoms with Crippen LogP contribution in [0.25, 0.3) is 93.5 Å². The third kappa shape index (κ3) is 5.16. The van der Waals surface area contributed by atoms with Crippen molar-refractivity contribution in [3.63, 3.8) is 0 Å². The third-order valence-electron chi connectivity index (χ3n) is 11.3. The van der Waals surface area contributed by atoms with Gasteiger partial charge in [-0.25, -0.2) is 0 Å². The summed E-state index contributed by atoms with van der Waals surface area (Å²) in [5.74, 6) is 0. The van der Waals surface area contributed by atoms with Crippen LogP contribution in [-0.4, -0.2) is 4.57 Å². The molecule has 0 bridgehead atoms. The molecule has 0 amide bonds. The maximum absolute atomic E-state index is 2.42. The van der Waals surface area contributed by atoms with Crippen LogP contribution in [0.2, 0.25) is 0 Å². The summed E-state index contributed by atoms with van der Waals surface area (Å²) in [6.07, 6.45) is 0. The van der Waals surface area contributed by atoms with E-state index in [0.29, 0.717) is 0 Å². The van der Waals surface area contributed by atoms with E-state index in [1.807, 2.05) is 0 Å². The van der Waals surface area contributed by atoms with Crippen molar-refractivity contribution in [3.05, 3.63) is 199 Å². The predicted octanol–water partition coefficient (Wildman–Crippen LogP) is 14.7. The molecule has 1 aromatic heterocycles.